The number of nitrogens with one attached hydrogen (secondary N) is 2. The predicted molar refractivity (Wildman–Crippen MR) is 91.0 cm³/mol. The molecule has 0 aliphatic carbocycles. The molecule has 1 saturated heterocycles. The fourth-order valence-corrected chi connectivity index (χ4v) is 2.74. The fourth-order valence-electron chi connectivity index (χ4n) is 2.74. The van der Waals surface area contributed by atoms with Crippen LogP contribution in [0.5, 0.6) is 0 Å². The van der Waals surface area contributed by atoms with E-state index in [1.807, 2.05) is 14.0 Å². The molecule has 2 unspecified atom stereocenters. The SMILES string of the molecule is CNC(C)Cc1noc(CCC2NC(=O)N(c3ccc(F)cc3F)C2=O)n1. The zero-order valence-electron chi connectivity index (χ0n) is 14.8. The predicted octanol–water partition coefficient (Wildman–Crippen LogP) is 1.56. The number of aromatic nitrogens is 2. The molecule has 1 aromatic heterocycles. The first-order valence-corrected chi connectivity index (χ1v) is 8.47. The lowest BCUT2D eigenvalue weighted by Gasteiger charge is -2.13. The number of amides is 3. The van der Waals surface area contributed by atoms with E-state index >= 15 is 0 Å². The van der Waals surface area contributed by atoms with Gasteiger partial charge in [0.15, 0.2) is 5.82 Å². The van der Waals surface area contributed by atoms with E-state index in [4.69, 9.17) is 4.52 Å². The maximum absolute atomic E-state index is 13.9. The maximum Gasteiger partial charge on any atom is 0.329 e. The number of urea groups is 1. The Balaban J connectivity index is 1.64. The number of carbonyl (C=O) groups is 2. The first-order valence-electron chi connectivity index (χ1n) is 8.47. The molecule has 2 atom stereocenters. The molecule has 0 spiro atoms. The largest absolute Gasteiger partial charge is 0.339 e. The van der Waals surface area contributed by atoms with E-state index in [1.54, 1.807) is 0 Å². The summed E-state index contributed by atoms with van der Waals surface area (Å²) in [6.45, 7) is 1.98. The van der Waals surface area contributed by atoms with Gasteiger partial charge in [-0.2, -0.15) is 4.98 Å². The molecular weight excluding hydrogens is 360 g/mol. The summed E-state index contributed by atoms with van der Waals surface area (Å²) in [6, 6.07) is 1.23. The quantitative estimate of drug-likeness (QED) is 0.708. The first kappa shape index (κ1) is 18.9. The van der Waals surface area contributed by atoms with Crippen LogP contribution in [-0.2, 0) is 17.6 Å². The number of carbonyl (C=O) groups excluding carboxylic acids is 2. The Labute approximate surface area is 153 Å². The van der Waals surface area contributed by atoms with Crippen molar-refractivity contribution in [3.05, 3.63) is 41.5 Å². The summed E-state index contributed by atoms with van der Waals surface area (Å²) in [6.07, 6.45) is 1.08. The van der Waals surface area contributed by atoms with Crippen LogP contribution in [0.1, 0.15) is 25.1 Å². The van der Waals surface area contributed by atoms with E-state index in [1.165, 1.54) is 0 Å². The summed E-state index contributed by atoms with van der Waals surface area (Å²) >= 11 is 0. The van der Waals surface area contributed by atoms with Crippen molar-refractivity contribution >= 4 is 17.6 Å². The number of aryl methyl sites for hydroxylation is 1. The number of benzene rings is 1. The summed E-state index contributed by atoms with van der Waals surface area (Å²) in [7, 11) is 1.83. The molecule has 27 heavy (non-hydrogen) atoms. The van der Waals surface area contributed by atoms with Crippen LogP contribution in [0.3, 0.4) is 0 Å². The molecule has 1 fully saturated rings. The molecule has 1 aliphatic rings. The van der Waals surface area contributed by atoms with Gasteiger partial charge in [0.1, 0.15) is 17.7 Å². The molecule has 3 rings (SSSR count). The molecule has 144 valence electrons. The molecule has 3 amide bonds. The van der Waals surface area contributed by atoms with Crippen molar-refractivity contribution in [1.82, 2.24) is 20.8 Å². The van der Waals surface area contributed by atoms with Gasteiger partial charge >= 0.3 is 6.03 Å². The number of imide groups is 1. The fraction of sp³-hybridized carbons (Fsp3) is 0.412. The standard InChI is InChI=1S/C17H19F2N5O3/c1-9(20-2)7-14-22-15(27-23-14)6-4-12-16(25)24(17(26)21-12)13-5-3-10(18)8-11(13)19/h3,5,8-9,12,20H,4,6-7H2,1-2H3,(H,21,26). The minimum atomic E-state index is -0.987. The summed E-state index contributed by atoms with van der Waals surface area (Å²) in [5.41, 5.74) is -0.289. The van der Waals surface area contributed by atoms with Gasteiger partial charge in [-0.05, 0) is 32.5 Å². The molecule has 0 saturated carbocycles. The Morgan fingerprint density at radius 3 is 2.85 bits per heavy atom. The Bertz CT molecular complexity index is 857. The second-order valence-corrected chi connectivity index (χ2v) is 6.31. The third-order valence-electron chi connectivity index (χ3n) is 4.31. The van der Waals surface area contributed by atoms with Crippen LogP contribution >= 0.6 is 0 Å². The molecule has 0 bridgehead atoms. The van der Waals surface area contributed by atoms with E-state index in [0.717, 1.165) is 12.1 Å². The zero-order chi connectivity index (χ0) is 19.6. The van der Waals surface area contributed by atoms with Crippen LogP contribution in [-0.4, -0.2) is 41.2 Å². The smallest absolute Gasteiger partial charge is 0.329 e. The number of hydrogen-bond acceptors (Lipinski definition) is 6. The van der Waals surface area contributed by atoms with Crippen LogP contribution in [0.25, 0.3) is 0 Å². The molecule has 8 nitrogen and oxygen atoms in total. The van der Waals surface area contributed by atoms with Gasteiger partial charge in [0, 0.05) is 24.9 Å². The summed E-state index contributed by atoms with van der Waals surface area (Å²) in [5, 5.41) is 9.43. The van der Waals surface area contributed by atoms with Crippen molar-refractivity contribution in [2.24, 2.45) is 0 Å². The lowest BCUT2D eigenvalue weighted by Crippen LogP contribution is -2.32. The summed E-state index contributed by atoms with van der Waals surface area (Å²) in [4.78, 5) is 29.5. The van der Waals surface area contributed by atoms with Gasteiger partial charge in [-0.25, -0.2) is 18.5 Å². The molecule has 1 aliphatic heterocycles. The van der Waals surface area contributed by atoms with Crippen molar-refractivity contribution < 1.29 is 22.9 Å². The van der Waals surface area contributed by atoms with Crippen LogP contribution in [0.2, 0.25) is 0 Å². The maximum atomic E-state index is 13.9. The third kappa shape index (κ3) is 4.11. The average molecular weight is 379 g/mol. The van der Waals surface area contributed by atoms with Crippen LogP contribution < -0.4 is 15.5 Å². The van der Waals surface area contributed by atoms with E-state index in [9.17, 15) is 18.4 Å². The van der Waals surface area contributed by atoms with Gasteiger partial charge in [0.25, 0.3) is 5.91 Å². The van der Waals surface area contributed by atoms with Crippen molar-refractivity contribution in [2.45, 2.75) is 38.3 Å². The third-order valence-corrected chi connectivity index (χ3v) is 4.31. The minimum Gasteiger partial charge on any atom is -0.339 e. The molecule has 2 heterocycles. The van der Waals surface area contributed by atoms with E-state index in [0.29, 0.717) is 29.1 Å². The number of nitrogens with zero attached hydrogens (tertiary/aromatic N) is 3. The van der Waals surface area contributed by atoms with E-state index in [2.05, 4.69) is 20.8 Å². The van der Waals surface area contributed by atoms with Gasteiger partial charge in [-0.3, -0.25) is 4.79 Å². The van der Waals surface area contributed by atoms with Crippen LogP contribution in [0.4, 0.5) is 19.3 Å². The summed E-state index contributed by atoms with van der Waals surface area (Å²) in [5.74, 6) is -1.50. The first-order chi connectivity index (χ1) is 12.9. The van der Waals surface area contributed by atoms with Crippen LogP contribution in [0, 0.1) is 11.6 Å². The molecule has 1 aromatic carbocycles. The second-order valence-electron chi connectivity index (χ2n) is 6.31. The second kappa shape index (κ2) is 7.78. The van der Waals surface area contributed by atoms with E-state index in [-0.39, 0.29) is 24.6 Å². The van der Waals surface area contributed by atoms with Gasteiger partial charge < -0.3 is 15.2 Å². The normalized spacial score (nSPS) is 18.1. The van der Waals surface area contributed by atoms with Gasteiger partial charge in [0.2, 0.25) is 5.89 Å². The van der Waals surface area contributed by atoms with E-state index < -0.39 is 29.6 Å². The number of anilines is 1. The van der Waals surface area contributed by atoms with Gasteiger partial charge in [-0.1, -0.05) is 5.16 Å². The minimum absolute atomic E-state index is 0.185. The number of rotatable bonds is 7. The highest BCUT2D eigenvalue weighted by Crippen LogP contribution is 2.25. The zero-order valence-corrected chi connectivity index (χ0v) is 14.8. The molecule has 2 N–H and O–H groups in total. The number of halogens is 2. The average Bonchev–Trinajstić information content (AvgIpc) is 3.18. The van der Waals surface area contributed by atoms with Gasteiger partial charge in [0.05, 0.1) is 5.69 Å². The highest BCUT2D eigenvalue weighted by atomic mass is 19.1. The highest BCUT2D eigenvalue weighted by Gasteiger charge is 2.40. The number of hydrogen-bond donors (Lipinski definition) is 2. The monoisotopic (exact) mass is 379 g/mol. The lowest BCUT2D eigenvalue weighted by atomic mass is 10.1. The van der Waals surface area contributed by atoms with Crippen LogP contribution in [0.15, 0.2) is 22.7 Å². The Morgan fingerprint density at radius 1 is 1.37 bits per heavy atom. The van der Waals surface area contributed by atoms with Crippen molar-refractivity contribution in [1.29, 1.82) is 0 Å². The Hall–Kier alpha value is -2.88. The highest BCUT2D eigenvalue weighted by molar-refractivity contribution is 6.21. The topological polar surface area (TPSA) is 100 Å². The Morgan fingerprint density at radius 2 is 2.15 bits per heavy atom. The lowest BCUT2D eigenvalue weighted by molar-refractivity contribution is -0.118. The number of likely N-dealkylation sites (N-methyl/N-ethyl adjacent to an activating group) is 1. The van der Waals surface area contributed by atoms with Crippen molar-refractivity contribution in [3.8, 4) is 0 Å². The molecule has 10 heteroatoms. The molecular formula is C17H19F2N5O3. The van der Waals surface area contributed by atoms with Gasteiger partial charge in [-0.15, -0.1) is 0 Å². The van der Waals surface area contributed by atoms with Crippen molar-refractivity contribution in [2.75, 3.05) is 11.9 Å². The summed E-state index contributed by atoms with van der Waals surface area (Å²) < 4.78 is 32.1. The Kier molecular flexibility index (Phi) is 5.45. The molecule has 2 aromatic rings. The molecule has 0 radical (unpaired) electrons. The van der Waals surface area contributed by atoms with Crippen molar-refractivity contribution in [3.63, 3.8) is 0 Å².